The Morgan fingerprint density at radius 2 is 1.77 bits per heavy atom. The van der Waals surface area contributed by atoms with Crippen LogP contribution in [0, 0.1) is 5.82 Å². The quantitative estimate of drug-likeness (QED) is 0.637. The van der Waals surface area contributed by atoms with Gasteiger partial charge in [-0.05, 0) is 49.6 Å². The number of halogens is 1. The van der Waals surface area contributed by atoms with Crippen molar-refractivity contribution in [1.82, 2.24) is 4.90 Å². The second-order valence-corrected chi connectivity index (χ2v) is 8.40. The Morgan fingerprint density at radius 1 is 1.06 bits per heavy atom. The van der Waals surface area contributed by atoms with Gasteiger partial charge in [0.1, 0.15) is 11.6 Å². The first-order valence-electron chi connectivity index (χ1n) is 11.3. The van der Waals surface area contributed by atoms with Gasteiger partial charge >= 0.3 is 0 Å². The summed E-state index contributed by atoms with van der Waals surface area (Å²) >= 11 is 0. The van der Waals surface area contributed by atoms with Crippen LogP contribution in [0.3, 0.4) is 0 Å². The number of nitrogens with one attached hydrogen (secondary N) is 1. The van der Waals surface area contributed by atoms with Gasteiger partial charge in [0.2, 0.25) is 5.91 Å². The number of morpholine rings is 1. The SMILES string of the molecule is O=C(Nc1ccc(OCCCN2CCOCC2)cc1)C1(c2ccccc2F)CCCC1. The van der Waals surface area contributed by atoms with E-state index in [9.17, 15) is 9.18 Å². The van der Waals surface area contributed by atoms with Crippen LogP contribution < -0.4 is 10.1 Å². The molecule has 0 radical (unpaired) electrons. The van der Waals surface area contributed by atoms with Crippen LogP contribution in [0.5, 0.6) is 5.75 Å². The molecule has 2 aromatic carbocycles. The van der Waals surface area contributed by atoms with E-state index in [1.165, 1.54) is 6.07 Å². The van der Waals surface area contributed by atoms with Crippen molar-refractivity contribution in [3.8, 4) is 5.75 Å². The van der Waals surface area contributed by atoms with Crippen LogP contribution in [-0.2, 0) is 14.9 Å². The Labute approximate surface area is 183 Å². The number of carbonyl (C=O) groups excluding carboxylic acids is 1. The highest BCUT2D eigenvalue weighted by molar-refractivity contribution is 5.99. The summed E-state index contributed by atoms with van der Waals surface area (Å²) in [6.07, 6.45) is 4.16. The van der Waals surface area contributed by atoms with E-state index in [0.29, 0.717) is 30.7 Å². The molecule has 2 aromatic rings. The van der Waals surface area contributed by atoms with Crippen molar-refractivity contribution in [3.05, 3.63) is 59.9 Å². The minimum atomic E-state index is -0.792. The van der Waals surface area contributed by atoms with E-state index in [4.69, 9.17) is 9.47 Å². The summed E-state index contributed by atoms with van der Waals surface area (Å²) < 4.78 is 25.7. The first-order chi connectivity index (χ1) is 15.2. The predicted molar refractivity (Wildman–Crippen MR) is 119 cm³/mol. The zero-order valence-electron chi connectivity index (χ0n) is 17.9. The first-order valence-corrected chi connectivity index (χ1v) is 11.3. The van der Waals surface area contributed by atoms with Crippen molar-refractivity contribution < 1.29 is 18.7 Å². The summed E-state index contributed by atoms with van der Waals surface area (Å²) in [4.78, 5) is 15.6. The molecule has 2 aliphatic rings. The smallest absolute Gasteiger partial charge is 0.235 e. The number of rotatable bonds is 8. The van der Waals surface area contributed by atoms with Gasteiger partial charge in [0.05, 0.1) is 25.2 Å². The lowest BCUT2D eigenvalue weighted by Crippen LogP contribution is -2.38. The normalized spacial score (nSPS) is 18.6. The number of benzene rings is 2. The zero-order valence-corrected chi connectivity index (χ0v) is 17.9. The Balaban J connectivity index is 1.31. The maximum Gasteiger partial charge on any atom is 0.235 e. The van der Waals surface area contributed by atoms with Crippen molar-refractivity contribution in [2.75, 3.05) is 44.8 Å². The van der Waals surface area contributed by atoms with E-state index in [0.717, 1.165) is 57.9 Å². The Hall–Kier alpha value is -2.44. The van der Waals surface area contributed by atoms with Gasteiger partial charge in [-0.25, -0.2) is 4.39 Å². The number of nitrogens with zero attached hydrogens (tertiary/aromatic N) is 1. The Bertz CT molecular complexity index is 859. The minimum Gasteiger partial charge on any atom is -0.494 e. The average Bonchev–Trinajstić information content (AvgIpc) is 3.30. The molecule has 166 valence electrons. The molecule has 5 nitrogen and oxygen atoms in total. The molecule has 1 N–H and O–H groups in total. The van der Waals surface area contributed by atoms with E-state index in [1.54, 1.807) is 18.2 Å². The van der Waals surface area contributed by atoms with Crippen molar-refractivity contribution in [2.24, 2.45) is 0 Å². The molecule has 0 bridgehead atoms. The molecule has 1 aliphatic carbocycles. The van der Waals surface area contributed by atoms with Gasteiger partial charge in [-0.15, -0.1) is 0 Å². The predicted octanol–water partition coefficient (Wildman–Crippen LogP) is 4.38. The van der Waals surface area contributed by atoms with Gasteiger partial charge in [0.25, 0.3) is 0 Å². The molecule has 0 aromatic heterocycles. The molecule has 1 heterocycles. The number of hydrogen-bond acceptors (Lipinski definition) is 4. The molecule has 2 fully saturated rings. The highest BCUT2D eigenvalue weighted by Gasteiger charge is 2.44. The molecule has 1 amide bonds. The number of ether oxygens (including phenoxy) is 2. The molecule has 1 saturated carbocycles. The highest BCUT2D eigenvalue weighted by Crippen LogP contribution is 2.43. The van der Waals surface area contributed by atoms with E-state index in [1.807, 2.05) is 24.3 Å². The fraction of sp³-hybridized carbons (Fsp3) is 0.480. The van der Waals surface area contributed by atoms with Crippen molar-refractivity contribution in [2.45, 2.75) is 37.5 Å². The molecule has 1 aliphatic heterocycles. The average molecular weight is 427 g/mol. The lowest BCUT2D eigenvalue weighted by molar-refractivity contribution is -0.121. The summed E-state index contributed by atoms with van der Waals surface area (Å²) in [5, 5.41) is 3.01. The third kappa shape index (κ3) is 5.25. The molecule has 1 saturated heterocycles. The number of hydrogen-bond donors (Lipinski definition) is 1. The summed E-state index contributed by atoms with van der Waals surface area (Å²) in [5.41, 5.74) is 0.415. The largest absolute Gasteiger partial charge is 0.494 e. The molecule has 6 heteroatoms. The molecule has 0 atom stereocenters. The summed E-state index contributed by atoms with van der Waals surface area (Å²) in [5.74, 6) is 0.347. The van der Waals surface area contributed by atoms with Crippen LogP contribution >= 0.6 is 0 Å². The van der Waals surface area contributed by atoms with Crippen LogP contribution in [0.2, 0.25) is 0 Å². The molecule has 4 rings (SSSR count). The topological polar surface area (TPSA) is 50.8 Å². The minimum absolute atomic E-state index is 0.130. The molecular weight excluding hydrogens is 395 g/mol. The fourth-order valence-electron chi connectivity index (χ4n) is 4.63. The van der Waals surface area contributed by atoms with Crippen molar-refractivity contribution in [1.29, 1.82) is 0 Å². The summed E-state index contributed by atoms with van der Waals surface area (Å²) in [7, 11) is 0. The maximum atomic E-state index is 14.5. The zero-order chi connectivity index (χ0) is 21.5. The van der Waals surface area contributed by atoms with Gasteiger partial charge in [-0.3, -0.25) is 9.69 Å². The Kier molecular flexibility index (Phi) is 7.20. The van der Waals surface area contributed by atoms with Gasteiger partial charge in [0.15, 0.2) is 0 Å². The van der Waals surface area contributed by atoms with Gasteiger partial charge in [0, 0.05) is 30.9 Å². The third-order valence-electron chi connectivity index (χ3n) is 6.38. The highest BCUT2D eigenvalue weighted by atomic mass is 19.1. The monoisotopic (exact) mass is 426 g/mol. The Morgan fingerprint density at radius 3 is 2.48 bits per heavy atom. The van der Waals surface area contributed by atoms with E-state index >= 15 is 0 Å². The number of anilines is 1. The summed E-state index contributed by atoms with van der Waals surface area (Å²) in [6.45, 7) is 5.26. The van der Waals surface area contributed by atoms with E-state index in [2.05, 4.69) is 10.2 Å². The van der Waals surface area contributed by atoms with E-state index < -0.39 is 5.41 Å². The van der Waals surface area contributed by atoms with Crippen LogP contribution in [0.4, 0.5) is 10.1 Å². The maximum absolute atomic E-state index is 14.5. The molecule has 0 unspecified atom stereocenters. The summed E-state index contributed by atoms with van der Waals surface area (Å²) in [6, 6.07) is 14.1. The van der Waals surface area contributed by atoms with Crippen molar-refractivity contribution >= 4 is 11.6 Å². The lowest BCUT2D eigenvalue weighted by atomic mass is 9.77. The molecule has 0 spiro atoms. The standard InChI is InChI=1S/C25H31FN2O3/c26-23-7-2-1-6-22(23)25(12-3-4-13-25)24(29)27-20-8-10-21(11-9-20)31-17-5-14-28-15-18-30-19-16-28/h1-2,6-11H,3-5,12-19H2,(H,27,29). The van der Waals surface area contributed by atoms with Crippen LogP contribution in [0.25, 0.3) is 0 Å². The lowest BCUT2D eigenvalue weighted by Gasteiger charge is -2.28. The third-order valence-corrected chi connectivity index (χ3v) is 6.38. The number of carbonyl (C=O) groups is 1. The van der Waals surface area contributed by atoms with Gasteiger partial charge in [-0.1, -0.05) is 31.0 Å². The first kappa shape index (κ1) is 21.8. The second-order valence-electron chi connectivity index (χ2n) is 8.40. The van der Waals surface area contributed by atoms with Crippen LogP contribution in [-0.4, -0.2) is 50.3 Å². The second kappa shape index (κ2) is 10.2. The van der Waals surface area contributed by atoms with Crippen LogP contribution in [0.1, 0.15) is 37.7 Å². The number of amides is 1. The van der Waals surface area contributed by atoms with Gasteiger partial charge in [-0.2, -0.15) is 0 Å². The molecule has 31 heavy (non-hydrogen) atoms. The van der Waals surface area contributed by atoms with E-state index in [-0.39, 0.29) is 11.7 Å². The van der Waals surface area contributed by atoms with Crippen molar-refractivity contribution in [3.63, 3.8) is 0 Å². The molecular formula is C25H31FN2O3. The van der Waals surface area contributed by atoms with Gasteiger partial charge < -0.3 is 14.8 Å². The van der Waals surface area contributed by atoms with Crippen LogP contribution in [0.15, 0.2) is 48.5 Å². The fourth-order valence-corrected chi connectivity index (χ4v) is 4.63.